The molecule has 0 atom stereocenters. The Kier molecular flexibility index (Phi) is 4.77. The molecular weight excluding hydrogens is 352 g/mol. The molecule has 0 radical (unpaired) electrons. The molecule has 0 saturated heterocycles. The predicted molar refractivity (Wildman–Crippen MR) is 110 cm³/mol. The quantitative estimate of drug-likeness (QED) is 0.759. The summed E-state index contributed by atoms with van der Waals surface area (Å²) in [4.78, 5) is 25.0. The van der Waals surface area contributed by atoms with Crippen molar-refractivity contribution in [3.63, 3.8) is 0 Å². The lowest BCUT2D eigenvalue weighted by Crippen LogP contribution is -2.36. The van der Waals surface area contributed by atoms with E-state index >= 15 is 0 Å². The molecule has 0 fully saturated rings. The van der Waals surface area contributed by atoms with Crippen LogP contribution in [0.2, 0.25) is 0 Å². The molecule has 3 aromatic rings. The largest absolute Gasteiger partial charge is 0.497 e. The number of hydrogen-bond acceptors (Lipinski definition) is 4. The molecular formula is C22H24N4O2. The average molecular weight is 376 g/mol. The number of ether oxygens (including phenoxy) is 1. The van der Waals surface area contributed by atoms with Crippen molar-refractivity contribution in [2.45, 2.75) is 13.0 Å². The fourth-order valence-corrected chi connectivity index (χ4v) is 3.45. The van der Waals surface area contributed by atoms with Crippen molar-refractivity contribution < 1.29 is 9.53 Å². The number of imidazole rings is 1. The molecule has 144 valence electrons. The monoisotopic (exact) mass is 376 g/mol. The van der Waals surface area contributed by atoms with Gasteiger partial charge in [0.05, 0.1) is 25.0 Å². The smallest absolute Gasteiger partial charge is 0.254 e. The first-order chi connectivity index (χ1) is 13.5. The lowest BCUT2D eigenvalue weighted by atomic mass is 10.1. The molecule has 2 aromatic carbocycles. The van der Waals surface area contributed by atoms with Gasteiger partial charge < -0.3 is 19.5 Å². The van der Waals surface area contributed by atoms with Crippen LogP contribution in [0.15, 0.2) is 48.5 Å². The van der Waals surface area contributed by atoms with Gasteiger partial charge in [0.1, 0.15) is 11.6 Å². The van der Waals surface area contributed by atoms with Crippen molar-refractivity contribution in [2.75, 3.05) is 32.6 Å². The minimum Gasteiger partial charge on any atom is -0.497 e. The van der Waals surface area contributed by atoms with Crippen molar-refractivity contribution in [1.29, 1.82) is 0 Å². The highest BCUT2D eigenvalue weighted by atomic mass is 16.5. The van der Waals surface area contributed by atoms with Crippen LogP contribution < -0.4 is 9.64 Å². The summed E-state index contributed by atoms with van der Waals surface area (Å²) in [5.74, 6) is 1.70. The summed E-state index contributed by atoms with van der Waals surface area (Å²) in [5.41, 5.74) is 4.79. The van der Waals surface area contributed by atoms with E-state index in [9.17, 15) is 4.79 Å². The standard InChI is InChI=1S/C22H24N4O2/c1-25(2)17-6-4-5-16(13-17)22(27)26-12-11-19-20(14-26)24-21(23-19)15-7-9-18(28-3)10-8-15/h4-10,13H,11-12,14H2,1-3H3,(H,23,24). The molecule has 1 N–H and O–H groups in total. The van der Waals surface area contributed by atoms with Gasteiger partial charge in [0.2, 0.25) is 0 Å². The van der Waals surface area contributed by atoms with Crippen LogP contribution in [-0.4, -0.2) is 48.5 Å². The summed E-state index contributed by atoms with van der Waals surface area (Å²) in [7, 11) is 5.60. The van der Waals surface area contributed by atoms with Gasteiger partial charge in [-0.05, 0) is 42.5 Å². The number of benzene rings is 2. The zero-order chi connectivity index (χ0) is 19.7. The molecule has 1 aromatic heterocycles. The number of carbonyl (C=O) groups is 1. The van der Waals surface area contributed by atoms with Crippen LogP contribution in [-0.2, 0) is 13.0 Å². The molecule has 2 heterocycles. The highest BCUT2D eigenvalue weighted by Crippen LogP contribution is 2.25. The first kappa shape index (κ1) is 18.1. The number of nitrogens with zero attached hydrogens (tertiary/aromatic N) is 3. The van der Waals surface area contributed by atoms with E-state index in [1.54, 1.807) is 7.11 Å². The van der Waals surface area contributed by atoms with E-state index < -0.39 is 0 Å². The second-order valence-electron chi connectivity index (χ2n) is 7.16. The molecule has 0 aliphatic carbocycles. The summed E-state index contributed by atoms with van der Waals surface area (Å²) in [6.45, 7) is 1.22. The molecule has 1 aliphatic heterocycles. The van der Waals surface area contributed by atoms with E-state index in [0.29, 0.717) is 18.7 Å². The Morgan fingerprint density at radius 3 is 2.68 bits per heavy atom. The van der Waals surface area contributed by atoms with Crippen molar-refractivity contribution in [1.82, 2.24) is 14.9 Å². The lowest BCUT2D eigenvalue weighted by Gasteiger charge is -2.26. The van der Waals surface area contributed by atoms with Gasteiger partial charge in [-0.3, -0.25) is 4.79 Å². The number of anilines is 1. The maximum Gasteiger partial charge on any atom is 0.254 e. The summed E-state index contributed by atoms with van der Waals surface area (Å²) >= 11 is 0. The first-order valence-corrected chi connectivity index (χ1v) is 9.34. The number of nitrogens with one attached hydrogen (secondary N) is 1. The lowest BCUT2D eigenvalue weighted by molar-refractivity contribution is 0.0732. The maximum atomic E-state index is 13.0. The Morgan fingerprint density at radius 1 is 1.18 bits per heavy atom. The second-order valence-corrected chi connectivity index (χ2v) is 7.16. The third-order valence-corrected chi connectivity index (χ3v) is 5.09. The van der Waals surface area contributed by atoms with Crippen LogP contribution in [0.3, 0.4) is 0 Å². The average Bonchev–Trinajstić information content (AvgIpc) is 3.16. The Hall–Kier alpha value is -3.28. The summed E-state index contributed by atoms with van der Waals surface area (Å²) in [6, 6.07) is 15.6. The van der Waals surface area contributed by atoms with Crippen molar-refractivity contribution >= 4 is 11.6 Å². The number of amides is 1. The van der Waals surface area contributed by atoms with E-state index in [0.717, 1.165) is 40.6 Å². The van der Waals surface area contributed by atoms with E-state index in [1.807, 2.05) is 72.4 Å². The summed E-state index contributed by atoms with van der Waals surface area (Å²) in [6.07, 6.45) is 0.751. The van der Waals surface area contributed by atoms with Gasteiger partial charge in [-0.15, -0.1) is 0 Å². The second kappa shape index (κ2) is 7.38. The van der Waals surface area contributed by atoms with Crippen molar-refractivity contribution in [3.8, 4) is 17.1 Å². The van der Waals surface area contributed by atoms with Gasteiger partial charge in [-0.1, -0.05) is 6.07 Å². The number of aromatic nitrogens is 2. The number of aromatic amines is 1. The number of hydrogen-bond donors (Lipinski definition) is 1. The van der Waals surface area contributed by atoms with Crippen LogP contribution in [0.5, 0.6) is 5.75 Å². The summed E-state index contributed by atoms with van der Waals surface area (Å²) in [5, 5.41) is 0. The SMILES string of the molecule is COc1ccc(-c2nc3c([nH]2)CN(C(=O)c2cccc(N(C)C)c2)CC3)cc1. The molecule has 0 unspecified atom stereocenters. The molecule has 0 bridgehead atoms. The third kappa shape index (κ3) is 3.45. The Morgan fingerprint density at radius 2 is 1.96 bits per heavy atom. The summed E-state index contributed by atoms with van der Waals surface area (Å²) < 4.78 is 5.21. The van der Waals surface area contributed by atoms with Crippen LogP contribution in [0.1, 0.15) is 21.7 Å². The highest BCUT2D eigenvalue weighted by molar-refractivity contribution is 5.95. The molecule has 28 heavy (non-hydrogen) atoms. The van der Waals surface area contributed by atoms with E-state index in [1.165, 1.54) is 0 Å². The normalized spacial score (nSPS) is 13.2. The zero-order valence-electron chi connectivity index (χ0n) is 16.4. The fourth-order valence-electron chi connectivity index (χ4n) is 3.45. The highest BCUT2D eigenvalue weighted by Gasteiger charge is 2.25. The van der Waals surface area contributed by atoms with Crippen LogP contribution in [0, 0.1) is 0 Å². The van der Waals surface area contributed by atoms with Gasteiger partial charge in [0.25, 0.3) is 5.91 Å². The molecule has 0 spiro atoms. The minimum atomic E-state index is 0.0509. The molecule has 1 aliphatic rings. The van der Waals surface area contributed by atoms with Gasteiger partial charge in [-0.25, -0.2) is 4.98 Å². The van der Waals surface area contributed by atoms with Crippen LogP contribution >= 0.6 is 0 Å². The number of rotatable bonds is 4. The Labute approximate surface area is 164 Å². The number of carbonyl (C=O) groups excluding carboxylic acids is 1. The van der Waals surface area contributed by atoms with E-state index in [4.69, 9.17) is 9.72 Å². The van der Waals surface area contributed by atoms with Gasteiger partial charge in [-0.2, -0.15) is 0 Å². The van der Waals surface area contributed by atoms with E-state index in [2.05, 4.69) is 4.98 Å². The van der Waals surface area contributed by atoms with Gasteiger partial charge >= 0.3 is 0 Å². The predicted octanol–water partition coefficient (Wildman–Crippen LogP) is 3.35. The van der Waals surface area contributed by atoms with Gasteiger partial charge in [0.15, 0.2) is 0 Å². The molecule has 0 saturated carbocycles. The maximum absolute atomic E-state index is 13.0. The molecule has 6 nitrogen and oxygen atoms in total. The number of fused-ring (bicyclic) bond motifs is 1. The van der Waals surface area contributed by atoms with Crippen LogP contribution in [0.4, 0.5) is 5.69 Å². The Balaban J connectivity index is 1.54. The van der Waals surface area contributed by atoms with Gasteiger partial charge in [0, 0.05) is 43.9 Å². The molecule has 1 amide bonds. The topological polar surface area (TPSA) is 61.5 Å². The van der Waals surface area contributed by atoms with E-state index in [-0.39, 0.29) is 5.91 Å². The van der Waals surface area contributed by atoms with Crippen molar-refractivity contribution in [3.05, 3.63) is 65.5 Å². The third-order valence-electron chi connectivity index (χ3n) is 5.09. The molecule has 6 heteroatoms. The number of methoxy groups -OCH3 is 1. The first-order valence-electron chi connectivity index (χ1n) is 9.34. The minimum absolute atomic E-state index is 0.0509. The number of H-pyrrole nitrogens is 1. The fraction of sp³-hybridized carbons (Fsp3) is 0.273. The van der Waals surface area contributed by atoms with Crippen LogP contribution in [0.25, 0.3) is 11.4 Å². The molecule has 4 rings (SSSR count). The zero-order valence-corrected chi connectivity index (χ0v) is 16.4. The Bertz CT molecular complexity index is 992. The van der Waals surface area contributed by atoms with Crippen molar-refractivity contribution in [2.24, 2.45) is 0 Å².